The Balaban J connectivity index is 0.000000111. The molecule has 0 saturated heterocycles. The normalized spacial score (nSPS) is 12.5. The second-order valence-corrected chi connectivity index (χ2v) is 32.2. The van der Waals surface area contributed by atoms with Gasteiger partial charge < -0.3 is 68.6 Å². The van der Waals surface area contributed by atoms with Gasteiger partial charge >= 0.3 is 5.69 Å². The van der Waals surface area contributed by atoms with Crippen molar-refractivity contribution < 1.29 is 18.6 Å². The molecule has 0 unspecified atom stereocenters. The molecule has 0 radical (unpaired) electrons. The fourth-order valence-corrected chi connectivity index (χ4v) is 16.5. The quantitative estimate of drug-likeness (QED) is 0.0363. The number of pyridine rings is 1. The summed E-state index contributed by atoms with van der Waals surface area (Å²) in [5.74, 6) is 7.71. The van der Waals surface area contributed by atoms with E-state index in [0.717, 1.165) is 116 Å². The maximum atomic E-state index is 11.7. The van der Waals surface area contributed by atoms with E-state index in [1.807, 2.05) is 236 Å². The van der Waals surface area contributed by atoms with Crippen LogP contribution in [0.3, 0.4) is 0 Å². The molecular formula is C96H90N30O5S. The van der Waals surface area contributed by atoms with E-state index < -0.39 is 5.69 Å². The highest BCUT2D eigenvalue weighted by atomic mass is 32.2. The number of fused-ring (bicyclic) bond motifs is 5. The van der Waals surface area contributed by atoms with Crippen molar-refractivity contribution in [3.8, 4) is 51.7 Å². The predicted octanol–water partition coefficient (Wildman–Crippen LogP) is 18.8. The first kappa shape index (κ1) is 85.5. The lowest BCUT2D eigenvalue weighted by atomic mass is 10.2. The number of hydrogen-bond donors (Lipinski definition) is 9. The van der Waals surface area contributed by atoms with Crippen LogP contribution < -0.4 is 69.8 Å². The number of ether oxygens (including phenoxy) is 3. The van der Waals surface area contributed by atoms with Crippen LogP contribution >= 0.6 is 11.8 Å². The molecule has 15 N–H and O–H groups in total. The van der Waals surface area contributed by atoms with Crippen molar-refractivity contribution in [2.75, 3.05) is 57.0 Å². The molecule has 0 atom stereocenters. The van der Waals surface area contributed by atoms with E-state index in [-0.39, 0.29) is 17.8 Å². The fraction of sp³-hybridized carbons (Fsp3) is 0.146. The molecule has 35 nitrogen and oxygen atoms in total. The van der Waals surface area contributed by atoms with Gasteiger partial charge in [-0.3, -0.25) is 9.97 Å². The first-order chi connectivity index (χ1) is 64.5. The van der Waals surface area contributed by atoms with Crippen LogP contribution in [0, 0.1) is 20.8 Å². The van der Waals surface area contributed by atoms with Gasteiger partial charge in [0.15, 0.2) is 51.4 Å². The van der Waals surface area contributed by atoms with Crippen molar-refractivity contribution in [1.82, 2.24) is 104 Å². The third-order valence-corrected chi connectivity index (χ3v) is 23.0. The number of furan rings is 1. The van der Waals surface area contributed by atoms with Crippen LogP contribution in [0.4, 0.5) is 69.6 Å². The summed E-state index contributed by atoms with van der Waals surface area (Å²) in [6.45, 7) is 6.12. The largest absolute Gasteiger partial charge is 0.470 e. The van der Waals surface area contributed by atoms with Gasteiger partial charge in [-0.15, -0.1) is 20.4 Å². The lowest BCUT2D eigenvalue weighted by Crippen LogP contribution is -2.15. The lowest BCUT2D eigenvalue weighted by molar-refractivity contribution is 0.422. The summed E-state index contributed by atoms with van der Waals surface area (Å²) in [5.41, 5.74) is 47.9. The van der Waals surface area contributed by atoms with E-state index >= 15 is 0 Å². The molecule has 2 saturated carbocycles. The van der Waals surface area contributed by atoms with E-state index in [1.165, 1.54) is 54.7 Å². The van der Waals surface area contributed by atoms with E-state index in [1.54, 1.807) is 49.7 Å². The lowest BCUT2D eigenvalue weighted by Gasteiger charge is -2.17. The Morgan fingerprint density at radius 3 is 1.59 bits per heavy atom. The number of aryl methyl sites for hydroxylation is 3. The molecule has 2 fully saturated rings. The molecule has 0 aliphatic heterocycles. The Bertz CT molecular complexity index is 7480. The third kappa shape index (κ3) is 18.8. The Morgan fingerprint density at radius 1 is 0.447 bits per heavy atom. The molecule has 12 heterocycles. The van der Waals surface area contributed by atoms with E-state index in [9.17, 15) is 4.79 Å². The van der Waals surface area contributed by atoms with Crippen LogP contribution in [0.5, 0.6) is 34.6 Å². The highest BCUT2D eigenvalue weighted by molar-refractivity contribution is 7.99. The van der Waals surface area contributed by atoms with Crippen molar-refractivity contribution in [3.05, 3.63) is 302 Å². The Kier molecular flexibility index (Phi) is 24.9. The number of anilines is 12. The van der Waals surface area contributed by atoms with Crippen LogP contribution in [0.15, 0.2) is 294 Å². The van der Waals surface area contributed by atoms with E-state index in [2.05, 4.69) is 107 Å². The number of nitrogens with one attached hydrogen (secondary N) is 3. The molecule has 660 valence electrons. The predicted molar refractivity (Wildman–Crippen MR) is 513 cm³/mol. The van der Waals surface area contributed by atoms with Crippen LogP contribution in [-0.4, -0.2) is 111 Å². The summed E-state index contributed by atoms with van der Waals surface area (Å²) in [6, 6.07) is 74.7. The molecule has 2 aliphatic carbocycles. The minimum atomic E-state index is -0.471. The summed E-state index contributed by atoms with van der Waals surface area (Å²) < 4.78 is 32.2. The molecule has 0 amide bonds. The number of rotatable bonds is 19. The molecule has 12 aromatic heterocycles. The average molecular weight is 1780 g/mol. The van der Waals surface area contributed by atoms with Crippen molar-refractivity contribution in [3.63, 3.8) is 0 Å². The van der Waals surface area contributed by atoms with Crippen LogP contribution in [0.25, 0.3) is 72.2 Å². The zero-order valence-electron chi connectivity index (χ0n) is 72.1. The maximum Gasteiger partial charge on any atom is 0.348 e. The molecule has 20 aromatic rings. The zero-order chi connectivity index (χ0) is 90.7. The van der Waals surface area contributed by atoms with Crippen molar-refractivity contribution in [1.29, 1.82) is 0 Å². The van der Waals surface area contributed by atoms with Gasteiger partial charge in [0.2, 0.25) is 5.95 Å². The Morgan fingerprint density at radius 2 is 0.970 bits per heavy atom. The van der Waals surface area contributed by atoms with Gasteiger partial charge in [0, 0.05) is 36.9 Å². The number of aromatic nitrogens is 21. The monoisotopic (exact) mass is 1770 g/mol. The number of H-pyrrole nitrogens is 1. The van der Waals surface area contributed by atoms with Gasteiger partial charge in [0.25, 0.3) is 5.88 Å². The molecule has 36 heteroatoms. The highest BCUT2D eigenvalue weighted by Crippen LogP contribution is 2.45. The molecular weight excluding hydrogens is 1690 g/mol. The van der Waals surface area contributed by atoms with Gasteiger partial charge in [-0.25, -0.2) is 58.1 Å². The minimum Gasteiger partial charge on any atom is -0.470 e. The number of nitrogen functional groups attached to an aromatic ring is 6. The molecule has 22 rings (SSSR count). The second-order valence-electron chi connectivity index (χ2n) is 31.2. The number of nitrogens with two attached hydrogens (primary N) is 6. The third-order valence-electron chi connectivity index (χ3n) is 22.0. The van der Waals surface area contributed by atoms with Crippen LogP contribution in [0.1, 0.15) is 80.1 Å². The van der Waals surface area contributed by atoms with Crippen molar-refractivity contribution >= 4 is 136 Å². The Hall–Kier alpha value is -17.3. The van der Waals surface area contributed by atoms with E-state index in [4.69, 9.17) is 63.2 Å². The number of hydrogen-bond acceptors (Lipinski definition) is 30. The standard InChI is InChI=1S/C22H22N6OS.C21H16N6O2.C18H17N7.C18H16N6.C17H19N5O2/c23-19-18-20(26-22(24)25-19)28(14-8-4-5-9-14)27-21(18)30-17-13-7-6-12-16(17)29-15-10-2-1-3-11-15;22-19-18-20(26-27(14-10-11-28-12-14)21(18)24-13-23-19)25-16-8-4-5-9-17(16)29-15-6-2-1-3-7-15;1-12-4-3-5-14(10-12)24(2)18-15-16(19)21-11-22-17(15)25(23-18)13-6-8-20-9-7-13;1-12-7-9-13(10-8-12)22-17-15-16(19)20-11-21-18(15)24(23-17)14-5-3-2-4-6-14;1-10-6-8-12(9-7-10)24-16-13-14(18)19-17(23)20-15(13)22(21-16)11-4-2-3-5-11/h1-3,6-7,10-14H,4-5,8-9H2,(H4,23,24,25,26);1-13H,(H,25,26)(H2,22,23,24);3-11H,1-2H3,(H2,19,21,22);2-11H,1H3,(H,22,23)(H2,19,20,21);6-9,11H,2-5H2,1H3,(H3,18,19,20,23). The van der Waals surface area contributed by atoms with Gasteiger partial charge in [-0.05, 0) is 161 Å². The van der Waals surface area contributed by atoms with Crippen LogP contribution in [-0.2, 0) is 0 Å². The molecule has 0 bridgehead atoms. The van der Waals surface area contributed by atoms with Crippen molar-refractivity contribution in [2.24, 2.45) is 0 Å². The summed E-state index contributed by atoms with van der Waals surface area (Å²) >= 11 is 1.50. The first-order valence-electron chi connectivity index (χ1n) is 42.5. The number of para-hydroxylation sites is 6. The van der Waals surface area contributed by atoms with Crippen LogP contribution in [0.2, 0.25) is 0 Å². The second kappa shape index (κ2) is 38.5. The van der Waals surface area contributed by atoms with Gasteiger partial charge in [0.05, 0.1) is 45.7 Å². The molecule has 2 aliphatic rings. The fourth-order valence-electron chi connectivity index (χ4n) is 15.5. The van der Waals surface area contributed by atoms with Gasteiger partial charge in [-0.2, -0.15) is 20.1 Å². The maximum absolute atomic E-state index is 11.7. The van der Waals surface area contributed by atoms with Crippen molar-refractivity contribution in [2.45, 2.75) is 94.1 Å². The summed E-state index contributed by atoms with van der Waals surface area (Å²) in [5, 5.41) is 34.3. The molecule has 132 heavy (non-hydrogen) atoms. The number of aromatic amines is 1. The average Bonchev–Trinajstić information content (AvgIpc) is 1.63. The smallest absolute Gasteiger partial charge is 0.348 e. The Labute approximate surface area is 759 Å². The number of benzene rings is 8. The SMILES string of the molecule is Cc1ccc(Nc2nn(-c3ccccc3)c3ncnc(N)c23)cc1.Cc1ccc(Oc2nn(C3CCCC3)c3nc(=O)[nH]c(N)c23)cc1.Cc1cccc(N(C)c2nn(-c3ccncc3)c3ncnc(N)c23)c1.Nc1nc(N)c2c(Sc3ccccc3Oc3ccccc3)nn(C3CCCC3)c2n1.Nc1ncnc2c1c(Nc1ccccc1Oc1ccccc1)nn2-c1ccoc1. The summed E-state index contributed by atoms with van der Waals surface area (Å²) in [7, 11) is 1.96. The minimum absolute atomic E-state index is 0.170. The highest BCUT2D eigenvalue weighted by Gasteiger charge is 2.30. The van der Waals surface area contributed by atoms with Gasteiger partial charge in [-0.1, -0.05) is 164 Å². The zero-order valence-corrected chi connectivity index (χ0v) is 72.9. The van der Waals surface area contributed by atoms with Gasteiger partial charge in [0.1, 0.15) is 110 Å². The molecule has 8 aromatic carbocycles. The van der Waals surface area contributed by atoms with E-state index in [0.29, 0.717) is 109 Å². The first-order valence-corrected chi connectivity index (χ1v) is 43.3. The summed E-state index contributed by atoms with van der Waals surface area (Å²) in [4.78, 5) is 59.5. The molecule has 0 spiro atoms. The number of nitrogens with zero attached hydrogens (tertiary/aromatic N) is 21. The summed E-state index contributed by atoms with van der Waals surface area (Å²) in [6.07, 6.45) is 19.8. The topological polar surface area (TPSA) is 475 Å².